The number of aromatic nitrogens is 2. The maximum atomic E-state index is 10.6. The van der Waals surface area contributed by atoms with Crippen molar-refractivity contribution in [3.8, 4) is 6.07 Å². The summed E-state index contributed by atoms with van der Waals surface area (Å²) in [4.78, 5) is 4.11. The molecule has 1 aliphatic carbocycles. The van der Waals surface area contributed by atoms with Crippen molar-refractivity contribution in [2.45, 2.75) is 52.2 Å². The molecule has 1 aromatic heterocycles. The monoisotopic (exact) mass is 247 g/mol. The van der Waals surface area contributed by atoms with Gasteiger partial charge in [0.2, 0.25) is 0 Å². The molecule has 4 heteroatoms. The number of aryl methyl sites for hydroxylation is 1. The Morgan fingerprint density at radius 2 is 2.50 bits per heavy atom. The zero-order valence-electron chi connectivity index (χ0n) is 11.1. The molecular formula is C14H21N3O. The highest BCUT2D eigenvalue weighted by Crippen LogP contribution is 2.49. The number of hydrogen-bond acceptors (Lipinski definition) is 3. The smallest absolute Gasteiger partial charge is 0.114 e. The highest BCUT2D eigenvalue weighted by molar-refractivity contribution is 5.17. The largest absolute Gasteiger partial charge is 0.385 e. The van der Waals surface area contributed by atoms with Crippen LogP contribution in [0.1, 0.15) is 51.3 Å². The van der Waals surface area contributed by atoms with E-state index in [4.69, 9.17) is 0 Å². The van der Waals surface area contributed by atoms with E-state index in [1.807, 2.05) is 4.57 Å². The van der Waals surface area contributed by atoms with Crippen molar-refractivity contribution in [1.29, 1.82) is 5.26 Å². The van der Waals surface area contributed by atoms with Crippen molar-refractivity contribution in [3.05, 3.63) is 18.2 Å². The van der Waals surface area contributed by atoms with Crippen molar-refractivity contribution in [3.63, 3.8) is 0 Å². The topological polar surface area (TPSA) is 61.8 Å². The van der Waals surface area contributed by atoms with Crippen LogP contribution in [0, 0.1) is 22.7 Å². The van der Waals surface area contributed by atoms with Crippen LogP contribution < -0.4 is 0 Å². The summed E-state index contributed by atoms with van der Waals surface area (Å²) >= 11 is 0. The Morgan fingerprint density at radius 1 is 1.72 bits per heavy atom. The van der Waals surface area contributed by atoms with Crippen molar-refractivity contribution in [1.82, 2.24) is 9.55 Å². The van der Waals surface area contributed by atoms with Gasteiger partial charge < -0.3 is 9.67 Å². The molecule has 2 rings (SSSR count). The Kier molecular flexibility index (Phi) is 3.72. The van der Waals surface area contributed by atoms with E-state index in [2.05, 4.69) is 24.9 Å². The molecule has 0 aliphatic heterocycles. The van der Waals surface area contributed by atoms with Gasteiger partial charge in [0.05, 0.1) is 29.7 Å². The summed E-state index contributed by atoms with van der Waals surface area (Å²) in [6, 6.07) is 2.37. The maximum Gasteiger partial charge on any atom is 0.114 e. The minimum absolute atomic E-state index is 0.516. The summed E-state index contributed by atoms with van der Waals surface area (Å²) < 4.78 is 1.97. The van der Waals surface area contributed by atoms with Crippen LogP contribution in [-0.4, -0.2) is 14.7 Å². The second kappa shape index (κ2) is 5.11. The molecule has 0 spiro atoms. The van der Waals surface area contributed by atoms with Gasteiger partial charge in [0, 0.05) is 6.54 Å². The van der Waals surface area contributed by atoms with E-state index in [-0.39, 0.29) is 0 Å². The second-order valence-electron chi connectivity index (χ2n) is 5.53. The predicted molar refractivity (Wildman–Crippen MR) is 68.5 cm³/mol. The molecule has 3 unspecified atom stereocenters. The van der Waals surface area contributed by atoms with Gasteiger partial charge in [-0.05, 0) is 31.6 Å². The minimum atomic E-state index is -0.721. The minimum Gasteiger partial charge on any atom is -0.385 e. The standard InChI is InChI=1S/C14H21N3O/c1-3-6-17-10-16-8-12(17)13(18)14(9-15)5-4-11(2)7-14/h8,10-11,13,18H,3-7H2,1-2H3. The molecule has 0 aromatic carbocycles. The first-order valence-electron chi connectivity index (χ1n) is 6.72. The zero-order valence-corrected chi connectivity index (χ0v) is 11.1. The number of nitriles is 1. The van der Waals surface area contributed by atoms with Crippen LogP contribution in [0.5, 0.6) is 0 Å². The van der Waals surface area contributed by atoms with Gasteiger partial charge in [-0.1, -0.05) is 13.8 Å². The number of rotatable bonds is 4. The highest BCUT2D eigenvalue weighted by atomic mass is 16.3. The number of aliphatic hydroxyl groups excluding tert-OH is 1. The first-order valence-corrected chi connectivity index (χ1v) is 6.72. The molecule has 0 bridgehead atoms. The predicted octanol–water partition coefficient (Wildman–Crippen LogP) is 2.66. The molecular weight excluding hydrogens is 226 g/mol. The maximum absolute atomic E-state index is 10.6. The van der Waals surface area contributed by atoms with E-state index in [1.165, 1.54) is 0 Å². The Hall–Kier alpha value is -1.34. The first kappa shape index (κ1) is 13.1. The van der Waals surface area contributed by atoms with Crippen LogP contribution in [0.15, 0.2) is 12.5 Å². The van der Waals surface area contributed by atoms with E-state index in [0.717, 1.165) is 37.9 Å². The van der Waals surface area contributed by atoms with Crippen LogP contribution in [0.2, 0.25) is 0 Å². The lowest BCUT2D eigenvalue weighted by molar-refractivity contribution is 0.0577. The van der Waals surface area contributed by atoms with Crippen molar-refractivity contribution >= 4 is 0 Å². The molecule has 0 amide bonds. The van der Waals surface area contributed by atoms with Gasteiger partial charge >= 0.3 is 0 Å². The van der Waals surface area contributed by atoms with E-state index < -0.39 is 11.5 Å². The van der Waals surface area contributed by atoms with E-state index >= 15 is 0 Å². The fourth-order valence-corrected chi connectivity index (χ4v) is 3.01. The lowest BCUT2D eigenvalue weighted by Crippen LogP contribution is -2.26. The summed E-state index contributed by atoms with van der Waals surface area (Å²) in [6.45, 7) is 5.08. The molecule has 1 N–H and O–H groups in total. The van der Waals surface area contributed by atoms with Gasteiger partial charge in [-0.3, -0.25) is 0 Å². The van der Waals surface area contributed by atoms with Gasteiger partial charge in [0.1, 0.15) is 6.10 Å². The van der Waals surface area contributed by atoms with Crippen molar-refractivity contribution in [2.75, 3.05) is 0 Å². The molecule has 1 fully saturated rings. The van der Waals surface area contributed by atoms with Gasteiger partial charge in [0.15, 0.2) is 0 Å². The molecule has 0 saturated heterocycles. The van der Waals surface area contributed by atoms with E-state index in [9.17, 15) is 10.4 Å². The van der Waals surface area contributed by atoms with Crippen molar-refractivity contribution < 1.29 is 5.11 Å². The summed E-state index contributed by atoms with van der Waals surface area (Å²) in [6.07, 6.45) is 6.29. The Morgan fingerprint density at radius 3 is 3.06 bits per heavy atom. The summed E-state index contributed by atoms with van der Waals surface area (Å²) in [5, 5.41) is 20.1. The van der Waals surface area contributed by atoms with Crippen LogP contribution in [-0.2, 0) is 6.54 Å². The fraction of sp³-hybridized carbons (Fsp3) is 0.714. The Labute approximate surface area is 108 Å². The van der Waals surface area contributed by atoms with Crippen molar-refractivity contribution in [2.24, 2.45) is 11.3 Å². The van der Waals surface area contributed by atoms with Crippen LogP contribution in [0.3, 0.4) is 0 Å². The average Bonchev–Trinajstić information content (AvgIpc) is 2.96. The lowest BCUT2D eigenvalue weighted by atomic mass is 9.80. The molecule has 1 heterocycles. The zero-order chi connectivity index (χ0) is 13.2. The third kappa shape index (κ3) is 2.15. The normalized spacial score (nSPS) is 29.1. The van der Waals surface area contributed by atoms with E-state index in [0.29, 0.717) is 5.92 Å². The van der Waals surface area contributed by atoms with Crippen LogP contribution in [0.25, 0.3) is 0 Å². The third-order valence-electron chi connectivity index (χ3n) is 4.03. The first-order chi connectivity index (χ1) is 8.63. The number of imidazole rings is 1. The molecule has 98 valence electrons. The number of hydrogen-bond donors (Lipinski definition) is 1. The van der Waals surface area contributed by atoms with Crippen LogP contribution >= 0.6 is 0 Å². The summed E-state index contributed by atoms with van der Waals surface area (Å²) in [5.41, 5.74) is 0.165. The quantitative estimate of drug-likeness (QED) is 0.889. The molecule has 4 nitrogen and oxygen atoms in total. The summed E-state index contributed by atoms with van der Waals surface area (Å²) in [5.74, 6) is 0.516. The van der Waals surface area contributed by atoms with Gasteiger partial charge in [-0.15, -0.1) is 0 Å². The molecule has 1 aliphatic rings. The number of aliphatic hydroxyl groups is 1. The van der Waals surface area contributed by atoms with Gasteiger partial charge in [-0.25, -0.2) is 4.98 Å². The molecule has 1 aromatic rings. The molecule has 0 radical (unpaired) electrons. The Balaban J connectivity index is 2.27. The lowest BCUT2D eigenvalue weighted by Gasteiger charge is -2.27. The highest BCUT2D eigenvalue weighted by Gasteiger charge is 2.45. The van der Waals surface area contributed by atoms with Gasteiger partial charge in [0.25, 0.3) is 0 Å². The van der Waals surface area contributed by atoms with Gasteiger partial charge in [-0.2, -0.15) is 5.26 Å². The SMILES string of the molecule is CCCn1cncc1C(O)C1(C#N)CCC(C)C1. The fourth-order valence-electron chi connectivity index (χ4n) is 3.01. The third-order valence-corrected chi connectivity index (χ3v) is 4.03. The van der Waals surface area contributed by atoms with E-state index in [1.54, 1.807) is 12.5 Å². The molecule has 1 saturated carbocycles. The average molecular weight is 247 g/mol. The summed E-state index contributed by atoms with van der Waals surface area (Å²) in [7, 11) is 0. The second-order valence-corrected chi connectivity index (χ2v) is 5.53. The Bertz CT molecular complexity index is 448. The molecule has 18 heavy (non-hydrogen) atoms. The molecule has 3 atom stereocenters. The van der Waals surface area contributed by atoms with Crippen LogP contribution in [0.4, 0.5) is 0 Å². The number of nitrogens with zero attached hydrogens (tertiary/aromatic N) is 3.